The van der Waals surface area contributed by atoms with Crippen molar-refractivity contribution < 1.29 is 14.1 Å². The maximum Gasteiger partial charge on any atom is 0.354 e. The van der Waals surface area contributed by atoms with Gasteiger partial charge in [-0.3, -0.25) is 4.98 Å². The summed E-state index contributed by atoms with van der Waals surface area (Å²) in [6.45, 7) is 7.09. The first-order valence-corrected chi connectivity index (χ1v) is 12.5. The molecular formula is C20H27N5O3S2. The molecule has 0 spiro atoms. The molecule has 4 N–H and O–H groups in total. The lowest BCUT2D eigenvalue weighted by Crippen LogP contribution is -2.20. The van der Waals surface area contributed by atoms with Gasteiger partial charge in [0.05, 0.1) is 11.4 Å². The summed E-state index contributed by atoms with van der Waals surface area (Å²) in [6.07, 6.45) is 4.62. The number of anilines is 1. The van der Waals surface area contributed by atoms with Crippen molar-refractivity contribution in [2.45, 2.75) is 75.7 Å². The number of pyridine rings is 1. The molecule has 2 aromatic rings. The lowest BCUT2D eigenvalue weighted by Gasteiger charge is -2.15. The molecular weight excluding hydrogens is 422 g/mol. The number of aromatic nitrogens is 2. The predicted molar refractivity (Wildman–Crippen MR) is 117 cm³/mol. The van der Waals surface area contributed by atoms with Crippen LogP contribution in [0.2, 0.25) is 0 Å². The van der Waals surface area contributed by atoms with Gasteiger partial charge in [0.1, 0.15) is 5.60 Å². The number of fused-ring (bicyclic) bond motifs is 2. The summed E-state index contributed by atoms with van der Waals surface area (Å²) >= 11 is 1.08. The van der Waals surface area contributed by atoms with Gasteiger partial charge in [-0.15, -0.1) is 15.7 Å². The van der Waals surface area contributed by atoms with E-state index in [1.807, 2.05) is 0 Å². The van der Waals surface area contributed by atoms with Gasteiger partial charge >= 0.3 is 6.03 Å². The molecule has 2 aliphatic rings. The van der Waals surface area contributed by atoms with E-state index in [2.05, 4.69) is 21.6 Å². The fraction of sp³-hybridized carbons (Fsp3) is 0.550. The number of amides is 2. The van der Waals surface area contributed by atoms with E-state index in [0.29, 0.717) is 16.5 Å². The highest BCUT2D eigenvalue weighted by Gasteiger charge is 2.30. The van der Waals surface area contributed by atoms with Crippen molar-refractivity contribution in [3.63, 3.8) is 0 Å². The van der Waals surface area contributed by atoms with E-state index < -0.39 is 21.5 Å². The minimum Gasteiger partial charge on any atom is -0.384 e. The quantitative estimate of drug-likeness (QED) is 0.659. The second-order valence-corrected chi connectivity index (χ2v) is 11.8. The average Bonchev–Trinajstić information content (AvgIpc) is 3.33. The van der Waals surface area contributed by atoms with Gasteiger partial charge < -0.3 is 10.4 Å². The molecule has 0 aliphatic heterocycles. The molecule has 0 fully saturated rings. The van der Waals surface area contributed by atoms with E-state index in [9.17, 15) is 14.1 Å². The van der Waals surface area contributed by atoms with Crippen LogP contribution in [0, 0.1) is 6.92 Å². The Hall–Kier alpha value is -1.88. The van der Waals surface area contributed by atoms with Crippen LogP contribution in [-0.2, 0) is 34.8 Å². The summed E-state index contributed by atoms with van der Waals surface area (Å²) in [5.74, 6) is 0.357. The van der Waals surface area contributed by atoms with Crippen LogP contribution in [-0.4, -0.2) is 25.3 Å². The van der Waals surface area contributed by atoms with Crippen molar-refractivity contribution in [3.8, 4) is 0 Å². The number of hydrogen-bond acceptors (Lipinski definition) is 6. The molecule has 8 nitrogen and oxygen atoms in total. The number of nitrogens with two attached hydrogens (primary N) is 1. The van der Waals surface area contributed by atoms with Gasteiger partial charge in [0.25, 0.3) is 0 Å². The van der Waals surface area contributed by atoms with E-state index >= 15 is 0 Å². The first-order valence-electron chi connectivity index (χ1n) is 10.1. The molecule has 4 rings (SSSR count). The second kappa shape index (κ2) is 7.37. The highest BCUT2D eigenvalue weighted by molar-refractivity contribution is 7.93. The van der Waals surface area contributed by atoms with Crippen LogP contribution in [0.4, 0.5) is 10.5 Å². The number of carbonyl (C=O) groups is 1. The third-order valence-electron chi connectivity index (χ3n) is 5.71. The van der Waals surface area contributed by atoms with Crippen LogP contribution < -0.4 is 10.5 Å². The van der Waals surface area contributed by atoms with E-state index in [1.54, 1.807) is 20.8 Å². The van der Waals surface area contributed by atoms with Crippen molar-refractivity contribution in [3.05, 3.63) is 33.1 Å². The van der Waals surface area contributed by atoms with Crippen molar-refractivity contribution >= 4 is 33.0 Å². The molecule has 0 saturated heterocycles. The minimum absolute atomic E-state index is 0.0334. The van der Waals surface area contributed by atoms with Gasteiger partial charge in [-0.25, -0.2) is 19.1 Å². The molecule has 0 radical (unpaired) electrons. The monoisotopic (exact) mass is 449 g/mol. The van der Waals surface area contributed by atoms with Crippen LogP contribution in [0.25, 0.3) is 0 Å². The van der Waals surface area contributed by atoms with Crippen molar-refractivity contribution in [2.75, 3.05) is 5.32 Å². The molecule has 2 atom stereocenters. The Kier molecular flexibility index (Phi) is 5.24. The van der Waals surface area contributed by atoms with E-state index in [4.69, 9.17) is 10.1 Å². The molecule has 0 unspecified atom stereocenters. The SMILES string of the molecule is Cc1sc([S@](N)(=O)=NC(=O)Nc2c3c(nc4c2CC[C@H]4C)CCC3)nc1C(C)(C)O. The molecule has 10 heteroatoms. The van der Waals surface area contributed by atoms with E-state index in [0.717, 1.165) is 71.6 Å². The molecule has 30 heavy (non-hydrogen) atoms. The van der Waals surface area contributed by atoms with E-state index in [1.165, 1.54) is 0 Å². The fourth-order valence-electron chi connectivity index (χ4n) is 4.31. The van der Waals surface area contributed by atoms with Gasteiger partial charge in [-0.2, -0.15) is 0 Å². The van der Waals surface area contributed by atoms with Crippen LogP contribution in [0.15, 0.2) is 8.70 Å². The number of rotatable bonds is 3. The number of aryl methyl sites for hydroxylation is 2. The van der Waals surface area contributed by atoms with Crippen LogP contribution >= 0.6 is 11.3 Å². The summed E-state index contributed by atoms with van der Waals surface area (Å²) < 4.78 is 16.8. The zero-order valence-corrected chi connectivity index (χ0v) is 19.2. The van der Waals surface area contributed by atoms with Crippen LogP contribution in [0.1, 0.15) is 72.6 Å². The first-order chi connectivity index (χ1) is 14.0. The Bertz CT molecular complexity index is 1160. The highest BCUT2D eigenvalue weighted by Crippen LogP contribution is 2.41. The van der Waals surface area contributed by atoms with Crippen molar-refractivity contribution in [2.24, 2.45) is 9.50 Å². The Morgan fingerprint density at radius 2 is 2.03 bits per heavy atom. The Morgan fingerprint density at radius 1 is 1.30 bits per heavy atom. The third kappa shape index (κ3) is 3.77. The van der Waals surface area contributed by atoms with Crippen molar-refractivity contribution in [1.82, 2.24) is 9.97 Å². The molecule has 0 saturated carbocycles. The molecule has 2 aromatic heterocycles. The second-order valence-electron chi connectivity index (χ2n) is 8.60. The van der Waals surface area contributed by atoms with Gasteiger partial charge in [-0.1, -0.05) is 6.92 Å². The average molecular weight is 450 g/mol. The van der Waals surface area contributed by atoms with Gasteiger partial charge in [0.15, 0.2) is 9.92 Å². The zero-order chi connectivity index (χ0) is 21.8. The van der Waals surface area contributed by atoms with E-state index in [-0.39, 0.29) is 4.34 Å². The third-order valence-corrected chi connectivity index (χ3v) is 8.47. The van der Waals surface area contributed by atoms with Gasteiger partial charge in [0, 0.05) is 16.3 Å². The number of nitrogens with zero attached hydrogens (tertiary/aromatic N) is 3. The largest absolute Gasteiger partial charge is 0.384 e. The molecule has 2 aliphatic carbocycles. The maximum absolute atomic E-state index is 13.0. The summed E-state index contributed by atoms with van der Waals surface area (Å²) in [5.41, 5.74) is 4.16. The Morgan fingerprint density at radius 3 is 2.70 bits per heavy atom. The molecule has 2 heterocycles. The van der Waals surface area contributed by atoms with Crippen molar-refractivity contribution in [1.29, 1.82) is 0 Å². The number of urea groups is 1. The summed E-state index contributed by atoms with van der Waals surface area (Å²) in [7, 11) is -3.54. The predicted octanol–water partition coefficient (Wildman–Crippen LogP) is 3.55. The topological polar surface area (TPSA) is 131 Å². The standard InChI is InChI=1S/C20H27N5O3S2/c1-10-8-9-13-15(10)22-14-7-5-6-12(14)16(13)23-18(26)25-30(21,28)19-24-17(11(2)29-19)20(3,4)27/h10,27H,5-9H2,1-4H3,(H3,21,22,23,25,26,28)/t10-,30-/m1/s1. The molecule has 0 aromatic carbocycles. The van der Waals surface area contributed by atoms with Crippen LogP contribution in [0.3, 0.4) is 0 Å². The van der Waals surface area contributed by atoms with Crippen LogP contribution in [0.5, 0.6) is 0 Å². The molecule has 162 valence electrons. The molecule has 2 amide bonds. The number of carbonyl (C=O) groups excluding carboxylic acids is 1. The highest BCUT2D eigenvalue weighted by atomic mass is 32.2. The summed E-state index contributed by atoms with van der Waals surface area (Å²) in [5, 5.41) is 19.0. The number of aliphatic hydroxyl groups is 1. The van der Waals surface area contributed by atoms with Gasteiger partial charge in [-0.05, 0) is 69.9 Å². The molecule has 0 bridgehead atoms. The normalized spacial score (nSPS) is 19.9. The lowest BCUT2D eigenvalue weighted by molar-refractivity contribution is 0.0734. The zero-order valence-electron chi connectivity index (χ0n) is 17.6. The smallest absolute Gasteiger partial charge is 0.354 e. The first kappa shape index (κ1) is 21.4. The summed E-state index contributed by atoms with van der Waals surface area (Å²) in [6, 6.07) is -0.748. The maximum atomic E-state index is 13.0. The Balaban J connectivity index is 1.68. The Labute approximate surface area is 180 Å². The number of nitrogens with one attached hydrogen (secondary N) is 1. The lowest BCUT2D eigenvalue weighted by atomic mass is 10.0. The van der Waals surface area contributed by atoms with Gasteiger partial charge in [0.2, 0.25) is 4.34 Å². The summed E-state index contributed by atoms with van der Waals surface area (Å²) in [4.78, 5) is 22.5. The minimum atomic E-state index is -3.54. The number of thiazole rings is 1. The number of hydrogen-bond donors (Lipinski definition) is 3. The fourth-order valence-corrected chi connectivity index (χ4v) is 6.66.